The Labute approximate surface area is 182 Å². The van der Waals surface area contributed by atoms with E-state index in [0.717, 1.165) is 35.2 Å². The number of amides is 2. The van der Waals surface area contributed by atoms with Crippen molar-refractivity contribution in [3.05, 3.63) is 65.5 Å². The third-order valence-electron chi connectivity index (χ3n) is 3.75. The number of carbonyl (C=O) groups is 2. The van der Waals surface area contributed by atoms with E-state index in [9.17, 15) is 27.2 Å². The van der Waals surface area contributed by atoms with Crippen LogP contribution in [0.15, 0.2) is 52.9 Å². The lowest BCUT2D eigenvalue weighted by atomic mass is 10.1. The Hall–Kier alpha value is -2.99. The maximum Gasteiger partial charge on any atom is 0.416 e. The number of anilines is 2. The van der Waals surface area contributed by atoms with Crippen molar-refractivity contribution in [2.75, 3.05) is 16.4 Å². The summed E-state index contributed by atoms with van der Waals surface area (Å²) in [4.78, 5) is 24.0. The predicted molar refractivity (Wildman–Crippen MR) is 109 cm³/mol. The number of nitrogens with one attached hydrogen (secondary N) is 2. The van der Waals surface area contributed by atoms with E-state index < -0.39 is 23.5 Å². The van der Waals surface area contributed by atoms with E-state index in [2.05, 4.69) is 20.8 Å². The van der Waals surface area contributed by atoms with Crippen molar-refractivity contribution in [1.29, 1.82) is 0 Å². The van der Waals surface area contributed by atoms with Gasteiger partial charge < -0.3 is 10.6 Å². The molecule has 31 heavy (non-hydrogen) atoms. The van der Waals surface area contributed by atoms with Gasteiger partial charge >= 0.3 is 6.18 Å². The molecule has 6 nitrogen and oxygen atoms in total. The third-order valence-corrected chi connectivity index (χ3v) is 5.73. The Morgan fingerprint density at radius 3 is 2.26 bits per heavy atom. The Morgan fingerprint density at radius 2 is 1.61 bits per heavy atom. The number of alkyl halides is 3. The number of nitrogens with zero attached hydrogens (tertiary/aromatic N) is 2. The highest BCUT2D eigenvalue weighted by Crippen LogP contribution is 2.30. The van der Waals surface area contributed by atoms with E-state index in [1.54, 1.807) is 0 Å². The average molecular weight is 470 g/mol. The number of aromatic nitrogens is 2. The van der Waals surface area contributed by atoms with Crippen molar-refractivity contribution in [3.8, 4) is 0 Å². The van der Waals surface area contributed by atoms with Gasteiger partial charge in [-0.1, -0.05) is 35.2 Å². The molecule has 1 aromatic heterocycles. The molecule has 162 valence electrons. The molecule has 0 aliphatic heterocycles. The molecule has 3 rings (SSSR count). The van der Waals surface area contributed by atoms with E-state index >= 15 is 0 Å². The summed E-state index contributed by atoms with van der Waals surface area (Å²) in [6.45, 7) is 0. The first-order valence-corrected chi connectivity index (χ1v) is 10.5. The minimum atomic E-state index is -4.44. The average Bonchev–Trinajstić information content (AvgIpc) is 3.15. The second-order valence-electron chi connectivity index (χ2n) is 6.14. The fraction of sp³-hybridized carbons (Fsp3) is 0.158. The molecule has 0 spiro atoms. The smallest absolute Gasteiger partial charge is 0.325 e. The number of hydrogen-bond donors (Lipinski definition) is 2. The van der Waals surface area contributed by atoms with Gasteiger partial charge in [-0.15, -0.1) is 10.2 Å². The van der Waals surface area contributed by atoms with Crippen LogP contribution in [-0.4, -0.2) is 27.8 Å². The lowest BCUT2D eigenvalue weighted by Crippen LogP contribution is -2.14. The van der Waals surface area contributed by atoms with Gasteiger partial charge in [-0.25, -0.2) is 4.39 Å². The molecule has 0 atom stereocenters. The molecule has 2 N–H and O–H groups in total. The molecule has 0 unspecified atom stereocenters. The highest BCUT2D eigenvalue weighted by atomic mass is 32.2. The second-order valence-corrected chi connectivity index (χ2v) is 8.34. The lowest BCUT2D eigenvalue weighted by molar-refractivity contribution is -0.137. The normalized spacial score (nSPS) is 11.2. The van der Waals surface area contributed by atoms with Gasteiger partial charge in [-0.05, 0) is 42.0 Å². The molecule has 3 aromatic rings. The number of rotatable bonds is 7. The van der Waals surface area contributed by atoms with Gasteiger partial charge in [0.25, 0.3) is 0 Å². The number of hydrogen-bond acceptors (Lipinski definition) is 6. The van der Waals surface area contributed by atoms with Crippen LogP contribution in [0.3, 0.4) is 0 Å². The highest BCUT2D eigenvalue weighted by Gasteiger charge is 2.30. The minimum absolute atomic E-state index is 0.0396. The summed E-state index contributed by atoms with van der Waals surface area (Å²) in [7, 11) is 0. The first-order valence-electron chi connectivity index (χ1n) is 8.67. The van der Waals surface area contributed by atoms with Crippen molar-refractivity contribution in [2.45, 2.75) is 16.9 Å². The SMILES string of the molecule is O=C(CSc1nnc(NC(=O)Cc2ccc(F)cc2)s1)Nc1ccc(C(F)(F)F)cc1. The molecule has 0 radical (unpaired) electrons. The molecule has 0 saturated carbocycles. The van der Waals surface area contributed by atoms with E-state index in [0.29, 0.717) is 9.90 Å². The van der Waals surface area contributed by atoms with Crippen LogP contribution >= 0.6 is 23.1 Å². The van der Waals surface area contributed by atoms with Gasteiger partial charge in [0.05, 0.1) is 17.7 Å². The van der Waals surface area contributed by atoms with Crippen molar-refractivity contribution in [3.63, 3.8) is 0 Å². The maximum atomic E-state index is 12.9. The minimum Gasteiger partial charge on any atom is -0.325 e. The lowest BCUT2D eigenvalue weighted by Gasteiger charge is -2.08. The van der Waals surface area contributed by atoms with E-state index in [1.807, 2.05) is 0 Å². The van der Waals surface area contributed by atoms with Crippen LogP contribution in [-0.2, 0) is 22.2 Å². The topological polar surface area (TPSA) is 84.0 Å². The Balaban J connectivity index is 1.45. The van der Waals surface area contributed by atoms with Crippen molar-refractivity contribution < 1.29 is 27.2 Å². The zero-order chi connectivity index (χ0) is 22.4. The Bertz CT molecular complexity index is 1050. The summed E-state index contributed by atoms with van der Waals surface area (Å²) in [5, 5.41) is 13.0. The molecule has 0 bridgehead atoms. The van der Waals surface area contributed by atoms with Crippen LogP contribution in [0.5, 0.6) is 0 Å². The van der Waals surface area contributed by atoms with Gasteiger partial charge in [0, 0.05) is 5.69 Å². The summed E-state index contributed by atoms with van der Waals surface area (Å²) in [6.07, 6.45) is -4.40. The van der Waals surface area contributed by atoms with E-state index in [4.69, 9.17) is 0 Å². The van der Waals surface area contributed by atoms with Crippen LogP contribution < -0.4 is 10.6 Å². The summed E-state index contributed by atoms with van der Waals surface area (Å²) in [5.41, 5.74) is 0.0744. The van der Waals surface area contributed by atoms with Gasteiger partial charge in [-0.3, -0.25) is 9.59 Å². The van der Waals surface area contributed by atoms with Gasteiger partial charge in [0.1, 0.15) is 5.82 Å². The van der Waals surface area contributed by atoms with Crippen LogP contribution in [0.4, 0.5) is 28.4 Å². The highest BCUT2D eigenvalue weighted by molar-refractivity contribution is 8.01. The van der Waals surface area contributed by atoms with Crippen molar-refractivity contribution in [1.82, 2.24) is 10.2 Å². The predicted octanol–water partition coefficient (Wildman–Crippen LogP) is 4.61. The summed E-state index contributed by atoms with van der Waals surface area (Å²) >= 11 is 2.14. The van der Waals surface area contributed by atoms with Gasteiger partial charge in [0.15, 0.2) is 4.34 Å². The number of benzene rings is 2. The molecule has 0 aliphatic carbocycles. The first kappa shape index (κ1) is 22.7. The molecule has 1 heterocycles. The van der Waals surface area contributed by atoms with Crippen molar-refractivity contribution >= 4 is 45.7 Å². The standard InChI is InChI=1S/C19H14F4N4O2S2/c20-13-5-1-11(2-6-13)9-15(28)25-17-26-27-18(31-17)30-10-16(29)24-14-7-3-12(4-8-14)19(21,22)23/h1-8H,9-10H2,(H,24,29)(H,25,26,28). The van der Waals surface area contributed by atoms with Gasteiger partial charge in [-0.2, -0.15) is 13.2 Å². The zero-order valence-corrected chi connectivity index (χ0v) is 17.2. The first-order chi connectivity index (χ1) is 14.7. The van der Waals surface area contributed by atoms with Crippen molar-refractivity contribution in [2.24, 2.45) is 0 Å². The molecule has 2 aromatic carbocycles. The molecular formula is C19H14F4N4O2S2. The van der Waals surface area contributed by atoms with Crippen LogP contribution in [0, 0.1) is 5.82 Å². The summed E-state index contributed by atoms with van der Waals surface area (Å²) < 4.78 is 51.0. The molecular weight excluding hydrogens is 456 g/mol. The third kappa shape index (κ3) is 7.03. The molecule has 0 saturated heterocycles. The number of thioether (sulfide) groups is 1. The van der Waals surface area contributed by atoms with Crippen LogP contribution in [0.2, 0.25) is 0 Å². The molecule has 0 aliphatic rings. The fourth-order valence-corrected chi connectivity index (χ4v) is 3.90. The largest absolute Gasteiger partial charge is 0.416 e. The van der Waals surface area contributed by atoms with Gasteiger partial charge in [0.2, 0.25) is 16.9 Å². The van der Waals surface area contributed by atoms with E-state index in [-0.39, 0.29) is 28.9 Å². The summed E-state index contributed by atoms with van der Waals surface area (Å²) in [6, 6.07) is 9.65. The molecule has 12 heteroatoms. The summed E-state index contributed by atoms with van der Waals surface area (Å²) in [5.74, 6) is -1.21. The van der Waals surface area contributed by atoms with Crippen LogP contribution in [0.1, 0.15) is 11.1 Å². The zero-order valence-electron chi connectivity index (χ0n) is 15.6. The second kappa shape index (κ2) is 9.88. The Morgan fingerprint density at radius 1 is 0.935 bits per heavy atom. The number of carbonyl (C=O) groups excluding carboxylic acids is 2. The number of halogens is 4. The fourth-order valence-electron chi connectivity index (χ4n) is 2.34. The molecule has 0 fully saturated rings. The van der Waals surface area contributed by atoms with Crippen LogP contribution in [0.25, 0.3) is 0 Å². The maximum absolute atomic E-state index is 12.9. The van der Waals surface area contributed by atoms with E-state index in [1.165, 1.54) is 36.4 Å². The molecule has 2 amide bonds. The Kier molecular flexibility index (Phi) is 7.23. The monoisotopic (exact) mass is 470 g/mol. The quantitative estimate of drug-likeness (QED) is 0.299.